The Balaban J connectivity index is 1.61. The monoisotopic (exact) mass is 482 g/mol. The van der Waals surface area contributed by atoms with Gasteiger partial charge in [-0.05, 0) is 67.1 Å². The molecule has 0 radical (unpaired) electrons. The summed E-state index contributed by atoms with van der Waals surface area (Å²) in [5.74, 6) is -5.24. The molecule has 0 aliphatic heterocycles. The number of aromatic nitrogens is 1. The first-order valence-electron chi connectivity index (χ1n) is 10.5. The van der Waals surface area contributed by atoms with Crippen LogP contribution in [0.2, 0.25) is 0 Å². The predicted octanol–water partition coefficient (Wildman–Crippen LogP) is 5.55. The van der Waals surface area contributed by atoms with Gasteiger partial charge in [-0.15, -0.1) is 0 Å². The molecule has 1 aliphatic rings. The number of benzene rings is 2. The molecular formula is C24H20F6N2O2. The number of Topliss-reactive ketones (excluding diaryl/α,β-unsaturated/α-hetero) is 2. The van der Waals surface area contributed by atoms with Crippen LogP contribution in [-0.4, -0.2) is 28.3 Å². The lowest BCUT2D eigenvalue weighted by atomic mass is 9.67. The van der Waals surface area contributed by atoms with Gasteiger partial charge < -0.3 is 10.7 Å². The van der Waals surface area contributed by atoms with Gasteiger partial charge in [0.05, 0.1) is 17.6 Å². The average Bonchev–Trinajstić information content (AvgIpc) is 3.06. The molecular weight excluding hydrogens is 462 g/mol. The van der Waals surface area contributed by atoms with Gasteiger partial charge in [0, 0.05) is 17.4 Å². The Kier molecular flexibility index (Phi) is 5.83. The third-order valence-electron chi connectivity index (χ3n) is 6.50. The largest absolute Gasteiger partial charge is 0.413 e. The molecule has 1 atom stereocenters. The Morgan fingerprint density at radius 1 is 1.03 bits per heavy atom. The summed E-state index contributed by atoms with van der Waals surface area (Å²) in [4.78, 5) is 27.4. The number of carbonyl (C=O) groups is 2. The number of halogens is 6. The highest BCUT2D eigenvalue weighted by Gasteiger charge is 2.54. The number of ketones is 2. The molecule has 0 bridgehead atoms. The van der Waals surface area contributed by atoms with E-state index in [0.29, 0.717) is 23.7 Å². The van der Waals surface area contributed by atoms with Crippen molar-refractivity contribution in [3.8, 4) is 11.3 Å². The standard InChI is InChI=1S/C24H20F6N2O2/c1-23(31,24(28,29)30)19(34)10-18(33)12-6-13(7-12)20-16-8-15(26)9-17(27)22(16)32-21(20)11-2-4-14(25)5-3-11/h2-5,8-9,12-13,32H,6-7,10,31H2,1H3. The average molecular weight is 482 g/mol. The van der Waals surface area contributed by atoms with E-state index >= 15 is 0 Å². The molecule has 1 aliphatic carbocycles. The number of hydrogen-bond acceptors (Lipinski definition) is 3. The van der Waals surface area contributed by atoms with Crippen LogP contribution in [0.3, 0.4) is 0 Å². The van der Waals surface area contributed by atoms with Gasteiger partial charge in [0.25, 0.3) is 0 Å². The molecule has 4 rings (SSSR count). The van der Waals surface area contributed by atoms with Crippen LogP contribution in [0, 0.1) is 23.4 Å². The number of aromatic amines is 1. The summed E-state index contributed by atoms with van der Waals surface area (Å²) in [6, 6.07) is 7.24. The van der Waals surface area contributed by atoms with Gasteiger partial charge in [0.2, 0.25) is 0 Å². The van der Waals surface area contributed by atoms with Crippen LogP contribution in [0.25, 0.3) is 22.2 Å². The van der Waals surface area contributed by atoms with Gasteiger partial charge in [-0.2, -0.15) is 13.2 Å². The summed E-state index contributed by atoms with van der Waals surface area (Å²) in [5, 5.41) is 0.260. The second-order valence-electron chi connectivity index (χ2n) is 8.86. The molecule has 34 heavy (non-hydrogen) atoms. The van der Waals surface area contributed by atoms with E-state index in [1.807, 2.05) is 0 Å². The van der Waals surface area contributed by atoms with E-state index in [9.17, 15) is 35.9 Å². The Bertz CT molecular complexity index is 1270. The molecule has 1 saturated carbocycles. The summed E-state index contributed by atoms with van der Waals surface area (Å²) in [7, 11) is 0. The molecule has 4 nitrogen and oxygen atoms in total. The van der Waals surface area contributed by atoms with Crippen LogP contribution in [0.4, 0.5) is 26.3 Å². The summed E-state index contributed by atoms with van der Waals surface area (Å²) in [5.41, 5.74) is 3.49. The lowest BCUT2D eigenvalue weighted by Gasteiger charge is -2.35. The zero-order valence-corrected chi connectivity index (χ0v) is 17.9. The summed E-state index contributed by atoms with van der Waals surface area (Å²) >= 11 is 0. The second-order valence-corrected chi connectivity index (χ2v) is 8.86. The third-order valence-corrected chi connectivity index (χ3v) is 6.50. The molecule has 3 N–H and O–H groups in total. The van der Waals surface area contributed by atoms with E-state index in [4.69, 9.17) is 5.73 Å². The first-order chi connectivity index (χ1) is 15.8. The highest BCUT2D eigenvalue weighted by atomic mass is 19.4. The first kappa shape index (κ1) is 24.0. The maximum absolute atomic E-state index is 14.4. The Morgan fingerprint density at radius 2 is 1.65 bits per heavy atom. The van der Waals surface area contributed by atoms with Gasteiger partial charge in [-0.25, -0.2) is 13.2 Å². The lowest BCUT2D eigenvalue weighted by molar-refractivity contribution is -0.186. The number of hydrogen-bond donors (Lipinski definition) is 2. The molecule has 3 aromatic rings. The zero-order valence-electron chi connectivity index (χ0n) is 17.9. The maximum Gasteiger partial charge on any atom is 0.413 e. The SMILES string of the molecule is CC(N)(C(=O)CC(=O)C1CC(c2c(-c3ccc(F)cc3)[nH]c3c(F)cc(F)cc23)C1)C(F)(F)F. The van der Waals surface area contributed by atoms with Gasteiger partial charge in [0.1, 0.15) is 23.2 Å². The summed E-state index contributed by atoms with van der Waals surface area (Å²) in [6.07, 6.45) is -5.59. The minimum atomic E-state index is -4.99. The number of rotatable bonds is 6. The minimum Gasteiger partial charge on any atom is -0.352 e. The Morgan fingerprint density at radius 3 is 2.24 bits per heavy atom. The Labute approximate surface area is 190 Å². The topological polar surface area (TPSA) is 76.0 Å². The maximum atomic E-state index is 14.4. The van der Waals surface area contributed by atoms with E-state index in [0.717, 1.165) is 12.1 Å². The van der Waals surface area contributed by atoms with Crippen molar-refractivity contribution >= 4 is 22.5 Å². The van der Waals surface area contributed by atoms with Crippen molar-refractivity contribution in [1.82, 2.24) is 4.98 Å². The fourth-order valence-corrected chi connectivity index (χ4v) is 4.27. The highest BCUT2D eigenvalue weighted by molar-refractivity contribution is 6.05. The van der Waals surface area contributed by atoms with E-state index in [2.05, 4.69) is 4.98 Å². The van der Waals surface area contributed by atoms with Crippen molar-refractivity contribution in [2.75, 3.05) is 0 Å². The van der Waals surface area contributed by atoms with Crippen LogP contribution < -0.4 is 5.73 Å². The van der Waals surface area contributed by atoms with E-state index in [1.165, 1.54) is 24.3 Å². The molecule has 1 aromatic heterocycles. The fourth-order valence-electron chi connectivity index (χ4n) is 4.27. The van der Waals surface area contributed by atoms with Gasteiger partial charge in [-0.1, -0.05) is 0 Å². The van der Waals surface area contributed by atoms with Crippen LogP contribution in [0.5, 0.6) is 0 Å². The van der Waals surface area contributed by atoms with Crippen LogP contribution in [0.15, 0.2) is 36.4 Å². The van der Waals surface area contributed by atoms with Crippen molar-refractivity contribution in [3.63, 3.8) is 0 Å². The van der Waals surface area contributed by atoms with Gasteiger partial charge in [0.15, 0.2) is 11.3 Å². The number of carbonyl (C=O) groups excluding carboxylic acids is 2. The van der Waals surface area contributed by atoms with Crippen molar-refractivity contribution < 1.29 is 35.9 Å². The van der Waals surface area contributed by atoms with E-state index in [1.54, 1.807) is 0 Å². The third kappa shape index (κ3) is 4.11. The van der Waals surface area contributed by atoms with E-state index < -0.39 is 53.1 Å². The number of H-pyrrole nitrogens is 1. The van der Waals surface area contributed by atoms with Gasteiger partial charge in [-0.3, -0.25) is 9.59 Å². The lowest BCUT2D eigenvalue weighted by Crippen LogP contribution is -2.57. The highest BCUT2D eigenvalue weighted by Crippen LogP contribution is 2.49. The number of nitrogens with one attached hydrogen (secondary N) is 1. The molecule has 1 fully saturated rings. The van der Waals surface area contributed by atoms with Crippen molar-refractivity contribution in [3.05, 3.63) is 59.4 Å². The van der Waals surface area contributed by atoms with Crippen molar-refractivity contribution in [2.24, 2.45) is 11.7 Å². The quantitative estimate of drug-likeness (QED) is 0.357. The summed E-state index contributed by atoms with van der Waals surface area (Å²) < 4.78 is 80.8. The molecule has 180 valence electrons. The zero-order chi connectivity index (χ0) is 25.0. The molecule has 2 aromatic carbocycles. The van der Waals surface area contributed by atoms with Crippen LogP contribution in [-0.2, 0) is 9.59 Å². The molecule has 1 unspecified atom stereocenters. The smallest absolute Gasteiger partial charge is 0.352 e. The molecule has 0 amide bonds. The van der Waals surface area contributed by atoms with Gasteiger partial charge >= 0.3 is 6.18 Å². The summed E-state index contributed by atoms with van der Waals surface area (Å²) in [6.45, 7) is 0.524. The number of alkyl halides is 3. The molecule has 0 saturated heterocycles. The minimum absolute atomic E-state index is 0.0461. The first-order valence-corrected chi connectivity index (χ1v) is 10.5. The number of fused-ring (bicyclic) bond motifs is 1. The Hall–Kier alpha value is -3.14. The number of nitrogens with two attached hydrogens (primary N) is 1. The van der Waals surface area contributed by atoms with Crippen molar-refractivity contribution in [1.29, 1.82) is 0 Å². The fraction of sp³-hybridized carbons (Fsp3) is 0.333. The van der Waals surface area contributed by atoms with E-state index in [-0.39, 0.29) is 29.7 Å². The molecule has 0 spiro atoms. The molecule has 10 heteroatoms. The van der Waals surface area contributed by atoms with Crippen LogP contribution in [0.1, 0.15) is 37.7 Å². The van der Waals surface area contributed by atoms with Crippen LogP contribution >= 0.6 is 0 Å². The normalized spacial score (nSPS) is 20.1. The van der Waals surface area contributed by atoms with Crippen molar-refractivity contribution in [2.45, 2.75) is 43.8 Å². The predicted molar refractivity (Wildman–Crippen MR) is 112 cm³/mol. The molecule has 1 heterocycles. The second kappa shape index (κ2) is 8.26.